The van der Waals surface area contributed by atoms with Crippen molar-refractivity contribution in [3.63, 3.8) is 0 Å². The van der Waals surface area contributed by atoms with Crippen LogP contribution in [-0.4, -0.2) is 37.6 Å². The largest absolute Gasteiger partial charge is 0.312 e. The van der Waals surface area contributed by atoms with E-state index in [1.165, 1.54) is 77.4 Å². The molecule has 1 aliphatic heterocycles. The van der Waals surface area contributed by atoms with Gasteiger partial charge in [-0.15, -0.1) is 0 Å². The van der Waals surface area contributed by atoms with Crippen LogP contribution in [0.3, 0.4) is 0 Å². The molecule has 17 heavy (non-hydrogen) atoms. The van der Waals surface area contributed by atoms with Gasteiger partial charge in [-0.1, -0.05) is 32.1 Å². The normalized spacial score (nSPS) is 29.8. The van der Waals surface area contributed by atoms with Gasteiger partial charge in [-0.2, -0.15) is 0 Å². The van der Waals surface area contributed by atoms with Gasteiger partial charge in [-0.3, -0.25) is 0 Å². The zero-order chi connectivity index (χ0) is 11.9. The minimum absolute atomic E-state index is 0.763. The second-order valence-electron chi connectivity index (χ2n) is 6.22. The number of nitrogens with one attached hydrogen (secondary N) is 1. The molecular formula is C15H30N2. The molecule has 2 fully saturated rings. The fraction of sp³-hybridized carbons (Fsp3) is 1.00. The summed E-state index contributed by atoms with van der Waals surface area (Å²) < 4.78 is 0. The van der Waals surface area contributed by atoms with Crippen molar-refractivity contribution in [3.05, 3.63) is 0 Å². The highest BCUT2D eigenvalue weighted by molar-refractivity contribution is 4.78. The lowest BCUT2D eigenvalue weighted by Gasteiger charge is -2.32. The maximum Gasteiger partial charge on any atom is 0.0195 e. The van der Waals surface area contributed by atoms with E-state index in [4.69, 9.17) is 0 Å². The van der Waals surface area contributed by atoms with E-state index >= 15 is 0 Å². The van der Waals surface area contributed by atoms with Crippen molar-refractivity contribution in [2.75, 3.05) is 26.7 Å². The second-order valence-corrected chi connectivity index (χ2v) is 6.22. The molecule has 1 saturated heterocycles. The molecule has 1 saturated carbocycles. The fourth-order valence-corrected chi connectivity index (χ4v) is 3.41. The Balaban J connectivity index is 1.65. The Morgan fingerprint density at radius 2 is 1.65 bits per heavy atom. The third-order valence-corrected chi connectivity index (χ3v) is 4.54. The fourth-order valence-electron chi connectivity index (χ4n) is 3.41. The number of rotatable bonds is 3. The average molecular weight is 238 g/mol. The zero-order valence-corrected chi connectivity index (χ0v) is 11.6. The molecular weight excluding hydrogens is 208 g/mol. The maximum atomic E-state index is 3.83. The molecule has 100 valence electrons. The molecule has 0 spiro atoms. The van der Waals surface area contributed by atoms with Crippen molar-refractivity contribution in [1.29, 1.82) is 0 Å². The van der Waals surface area contributed by atoms with Crippen LogP contribution in [0.25, 0.3) is 0 Å². The summed E-state index contributed by atoms with van der Waals surface area (Å²) in [5.74, 6) is 0.961. The van der Waals surface area contributed by atoms with Crippen molar-refractivity contribution >= 4 is 0 Å². The summed E-state index contributed by atoms with van der Waals surface area (Å²) in [6.07, 6.45) is 13.1. The lowest BCUT2D eigenvalue weighted by atomic mass is 9.91. The van der Waals surface area contributed by atoms with E-state index in [0.717, 1.165) is 12.0 Å². The first-order chi connectivity index (χ1) is 8.34. The third-order valence-electron chi connectivity index (χ3n) is 4.54. The predicted molar refractivity (Wildman–Crippen MR) is 74.3 cm³/mol. The monoisotopic (exact) mass is 238 g/mol. The number of piperidine rings is 1. The Hall–Kier alpha value is -0.0800. The van der Waals surface area contributed by atoms with E-state index in [9.17, 15) is 0 Å². The van der Waals surface area contributed by atoms with E-state index in [0.29, 0.717) is 0 Å². The Labute approximate surface area is 107 Å². The number of hydrogen-bond donors (Lipinski definition) is 1. The molecule has 1 atom stereocenters. The number of nitrogens with zero attached hydrogens (tertiary/aromatic N) is 1. The Kier molecular flexibility index (Phi) is 5.79. The van der Waals surface area contributed by atoms with Crippen molar-refractivity contribution in [1.82, 2.24) is 10.2 Å². The van der Waals surface area contributed by atoms with Crippen LogP contribution in [0.5, 0.6) is 0 Å². The first-order valence-corrected chi connectivity index (χ1v) is 7.76. The first-order valence-electron chi connectivity index (χ1n) is 7.76. The van der Waals surface area contributed by atoms with Gasteiger partial charge in [0.2, 0.25) is 0 Å². The van der Waals surface area contributed by atoms with Crippen molar-refractivity contribution in [2.45, 2.75) is 63.8 Å². The van der Waals surface area contributed by atoms with Gasteiger partial charge in [0.1, 0.15) is 0 Å². The Morgan fingerprint density at radius 3 is 2.35 bits per heavy atom. The number of likely N-dealkylation sites (N-methyl/N-ethyl adjacent to an activating group) is 1. The molecule has 2 heteroatoms. The summed E-state index contributed by atoms with van der Waals surface area (Å²) in [4.78, 5) is 2.47. The summed E-state index contributed by atoms with van der Waals surface area (Å²) >= 11 is 0. The molecule has 2 rings (SSSR count). The van der Waals surface area contributed by atoms with Gasteiger partial charge in [0.05, 0.1) is 0 Å². The van der Waals surface area contributed by atoms with Crippen molar-refractivity contribution in [3.8, 4) is 0 Å². The summed E-state index contributed by atoms with van der Waals surface area (Å²) in [5, 5.41) is 3.83. The van der Waals surface area contributed by atoms with Crippen molar-refractivity contribution in [2.24, 2.45) is 5.92 Å². The first kappa shape index (κ1) is 13.4. The molecule has 0 aromatic carbocycles. The zero-order valence-electron chi connectivity index (χ0n) is 11.6. The molecule has 2 aliphatic rings. The highest BCUT2D eigenvalue weighted by Gasteiger charge is 2.18. The topological polar surface area (TPSA) is 15.3 Å². The minimum Gasteiger partial charge on any atom is -0.312 e. The van der Waals surface area contributed by atoms with E-state index in [1.54, 1.807) is 0 Å². The van der Waals surface area contributed by atoms with Crippen molar-refractivity contribution < 1.29 is 0 Å². The van der Waals surface area contributed by atoms with Gasteiger partial charge in [0.25, 0.3) is 0 Å². The SMILES string of the molecule is CN1CCCC(NCC2CCCCCCC2)C1. The van der Waals surface area contributed by atoms with Crippen LogP contribution in [0.2, 0.25) is 0 Å². The van der Waals surface area contributed by atoms with Gasteiger partial charge in [0, 0.05) is 12.6 Å². The lowest BCUT2D eigenvalue weighted by molar-refractivity contribution is 0.217. The van der Waals surface area contributed by atoms with Gasteiger partial charge in [0.15, 0.2) is 0 Å². The van der Waals surface area contributed by atoms with Crippen LogP contribution in [0.4, 0.5) is 0 Å². The molecule has 1 N–H and O–H groups in total. The van der Waals surface area contributed by atoms with E-state index in [-0.39, 0.29) is 0 Å². The molecule has 1 unspecified atom stereocenters. The predicted octanol–water partition coefficient (Wildman–Crippen LogP) is 3.03. The highest BCUT2D eigenvalue weighted by atomic mass is 15.1. The molecule has 2 nitrogen and oxygen atoms in total. The minimum atomic E-state index is 0.763. The van der Waals surface area contributed by atoms with Crippen LogP contribution in [0.1, 0.15) is 57.8 Å². The smallest absolute Gasteiger partial charge is 0.0195 e. The Bertz CT molecular complexity index is 197. The standard InChI is InChI=1S/C15H30N2/c1-17-11-7-10-15(13-17)16-12-14-8-5-3-2-4-6-9-14/h14-16H,2-13H2,1H3. The van der Waals surface area contributed by atoms with Gasteiger partial charge >= 0.3 is 0 Å². The maximum absolute atomic E-state index is 3.83. The third kappa shape index (κ3) is 4.97. The molecule has 0 aromatic heterocycles. The van der Waals surface area contributed by atoms with E-state index < -0.39 is 0 Å². The lowest BCUT2D eigenvalue weighted by Crippen LogP contribution is -2.45. The van der Waals surface area contributed by atoms with Gasteiger partial charge < -0.3 is 10.2 Å². The molecule has 0 radical (unpaired) electrons. The second kappa shape index (κ2) is 7.38. The molecule has 1 aliphatic carbocycles. The van der Waals surface area contributed by atoms with Crippen LogP contribution in [0.15, 0.2) is 0 Å². The van der Waals surface area contributed by atoms with Crippen LogP contribution < -0.4 is 5.32 Å². The summed E-state index contributed by atoms with van der Waals surface area (Å²) in [6.45, 7) is 3.83. The molecule has 0 aromatic rings. The molecule has 1 heterocycles. The average Bonchev–Trinajstić information content (AvgIpc) is 2.27. The highest BCUT2D eigenvalue weighted by Crippen LogP contribution is 2.22. The van der Waals surface area contributed by atoms with Gasteiger partial charge in [-0.05, 0) is 51.7 Å². The van der Waals surface area contributed by atoms with Gasteiger partial charge in [-0.25, -0.2) is 0 Å². The van der Waals surface area contributed by atoms with Crippen LogP contribution in [-0.2, 0) is 0 Å². The summed E-state index contributed by atoms with van der Waals surface area (Å²) in [5.41, 5.74) is 0. The Morgan fingerprint density at radius 1 is 0.941 bits per heavy atom. The van der Waals surface area contributed by atoms with Crippen LogP contribution >= 0.6 is 0 Å². The number of likely N-dealkylation sites (tertiary alicyclic amines) is 1. The van der Waals surface area contributed by atoms with E-state index in [1.807, 2.05) is 0 Å². The summed E-state index contributed by atoms with van der Waals surface area (Å²) in [7, 11) is 2.25. The molecule has 0 amide bonds. The van der Waals surface area contributed by atoms with Crippen LogP contribution in [0, 0.1) is 5.92 Å². The van der Waals surface area contributed by atoms with E-state index in [2.05, 4.69) is 17.3 Å². The number of hydrogen-bond acceptors (Lipinski definition) is 2. The quantitative estimate of drug-likeness (QED) is 0.813. The summed E-state index contributed by atoms with van der Waals surface area (Å²) in [6, 6.07) is 0.763. The molecule has 0 bridgehead atoms.